The minimum absolute atomic E-state index is 0.0117. The number of thiazole rings is 1. The molecule has 0 saturated carbocycles. The summed E-state index contributed by atoms with van der Waals surface area (Å²) in [5.41, 5.74) is 0.869. The molecule has 0 fully saturated rings. The van der Waals surface area contributed by atoms with Crippen molar-refractivity contribution < 1.29 is 23.9 Å². The summed E-state index contributed by atoms with van der Waals surface area (Å²) in [7, 11) is 1.26. The Bertz CT molecular complexity index is 985. The molecule has 0 radical (unpaired) electrons. The van der Waals surface area contributed by atoms with E-state index in [0.717, 1.165) is 0 Å². The maximum Gasteiger partial charge on any atom is 0.357 e. The monoisotopic (exact) mass is 416 g/mol. The van der Waals surface area contributed by atoms with E-state index >= 15 is 0 Å². The summed E-state index contributed by atoms with van der Waals surface area (Å²) >= 11 is 1.17. The van der Waals surface area contributed by atoms with Crippen LogP contribution in [0, 0.1) is 0 Å². The van der Waals surface area contributed by atoms with Gasteiger partial charge in [-0.15, -0.1) is 11.3 Å². The normalized spacial score (nSPS) is 15.8. The van der Waals surface area contributed by atoms with Crippen molar-refractivity contribution in [2.24, 2.45) is 0 Å². The topological polar surface area (TPSA) is 126 Å². The molecule has 3 amide bonds. The second-order valence-corrected chi connectivity index (χ2v) is 7.72. The number of anilines is 2. The van der Waals surface area contributed by atoms with Crippen LogP contribution < -0.4 is 16.0 Å². The van der Waals surface area contributed by atoms with Crippen LogP contribution in [0.15, 0.2) is 24.3 Å². The first-order valence-corrected chi connectivity index (χ1v) is 9.71. The summed E-state index contributed by atoms with van der Waals surface area (Å²) in [6.07, 6.45) is -0.282. The van der Waals surface area contributed by atoms with E-state index in [-0.39, 0.29) is 23.2 Å². The second kappa shape index (κ2) is 8.39. The van der Waals surface area contributed by atoms with Crippen molar-refractivity contribution in [3.8, 4) is 0 Å². The Kier molecular flexibility index (Phi) is 5.92. The third-order valence-electron chi connectivity index (χ3n) is 4.24. The molecule has 3 rings (SSSR count). The Balaban J connectivity index is 1.72. The molecule has 9 nitrogen and oxygen atoms in total. The molecule has 2 heterocycles. The van der Waals surface area contributed by atoms with Crippen LogP contribution in [0.5, 0.6) is 0 Å². The highest BCUT2D eigenvalue weighted by atomic mass is 32.1. The molecular weight excluding hydrogens is 396 g/mol. The van der Waals surface area contributed by atoms with Gasteiger partial charge in [0.2, 0.25) is 11.8 Å². The average molecular weight is 416 g/mol. The summed E-state index contributed by atoms with van der Waals surface area (Å²) < 4.78 is 4.73. The summed E-state index contributed by atoms with van der Waals surface area (Å²) in [5.74, 6) is -2.02. The van der Waals surface area contributed by atoms with Crippen LogP contribution in [0.3, 0.4) is 0 Å². The zero-order valence-corrected chi connectivity index (χ0v) is 16.9. The molecule has 29 heavy (non-hydrogen) atoms. The Morgan fingerprint density at radius 2 is 2.00 bits per heavy atom. The molecule has 0 spiro atoms. The van der Waals surface area contributed by atoms with Crippen molar-refractivity contribution in [3.05, 3.63) is 40.4 Å². The number of benzene rings is 1. The van der Waals surface area contributed by atoms with Crippen LogP contribution in [0.1, 0.15) is 51.9 Å². The number of aromatic nitrogens is 1. The number of rotatable bonds is 5. The Labute approximate surface area is 170 Å². The maximum absolute atomic E-state index is 12.5. The van der Waals surface area contributed by atoms with Crippen molar-refractivity contribution in [3.63, 3.8) is 0 Å². The first-order chi connectivity index (χ1) is 13.8. The summed E-state index contributed by atoms with van der Waals surface area (Å²) in [6.45, 7) is 3.79. The molecule has 1 atom stereocenters. The molecular formula is C19H20N4O5S. The molecule has 1 aliphatic rings. The van der Waals surface area contributed by atoms with E-state index in [0.29, 0.717) is 16.1 Å². The van der Waals surface area contributed by atoms with E-state index in [2.05, 4.69) is 20.9 Å². The third kappa shape index (κ3) is 4.43. The molecule has 2 aromatic rings. The first-order valence-electron chi connectivity index (χ1n) is 8.89. The molecule has 1 aromatic carbocycles. The number of nitrogens with one attached hydrogen (secondary N) is 3. The predicted octanol–water partition coefficient (Wildman–Crippen LogP) is 2.13. The number of amides is 3. The van der Waals surface area contributed by atoms with Gasteiger partial charge >= 0.3 is 5.97 Å². The summed E-state index contributed by atoms with van der Waals surface area (Å²) in [4.78, 5) is 53.9. The average Bonchev–Trinajstić information content (AvgIpc) is 3.06. The van der Waals surface area contributed by atoms with Crippen molar-refractivity contribution in [1.82, 2.24) is 10.3 Å². The highest BCUT2D eigenvalue weighted by Gasteiger charge is 2.30. The Morgan fingerprint density at radius 1 is 1.28 bits per heavy atom. The number of ether oxygens (including phenoxy) is 1. The SMILES string of the molecule is COC(=O)c1nc(NC(=O)C[C@H]2NC(=O)c3ccccc3NC2=O)sc1C(C)C. The fourth-order valence-electron chi connectivity index (χ4n) is 2.83. The zero-order valence-electron chi connectivity index (χ0n) is 16.1. The number of carbonyl (C=O) groups excluding carboxylic acids is 4. The molecule has 10 heteroatoms. The van der Waals surface area contributed by atoms with Gasteiger partial charge in [0, 0.05) is 4.88 Å². The Morgan fingerprint density at radius 3 is 2.69 bits per heavy atom. The number of methoxy groups -OCH3 is 1. The van der Waals surface area contributed by atoms with E-state index < -0.39 is 29.7 Å². The molecule has 0 aliphatic carbocycles. The summed E-state index contributed by atoms with van der Waals surface area (Å²) in [5, 5.41) is 8.02. The van der Waals surface area contributed by atoms with Crippen molar-refractivity contribution in [1.29, 1.82) is 0 Å². The molecule has 1 aliphatic heterocycles. The van der Waals surface area contributed by atoms with Crippen LogP contribution in [0.2, 0.25) is 0 Å². The van der Waals surface area contributed by atoms with E-state index in [1.807, 2.05) is 13.8 Å². The first kappa shape index (κ1) is 20.5. The van der Waals surface area contributed by atoms with Gasteiger partial charge in [-0.05, 0) is 18.1 Å². The number of carbonyl (C=O) groups is 4. The van der Waals surface area contributed by atoms with Crippen LogP contribution in [0.25, 0.3) is 0 Å². The van der Waals surface area contributed by atoms with Gasteiger partial charge in [-0.2, -0.15) is 0 Å². The van der Waals surface area contributed by atoms with Gasteiger partial charge < -0.3 is 20.7 Å². The molecule has 1 aromatic heterocycles. The van der Waals surface area contributed by atoms with Crippen LogP contribution >= 0.6 is 11.3 Å². The number of hydrogen-bond acceptors (Lipinski definition) is 7. The standard InChI is InChI=1S/C19H20N4O5S/c1-9(2)15-14(18(27)28-3)23-19(29-15)22-13(24)8-12-17(26)20-11-7-5-4-6-10(11)16(25)21-12/h4-7,9,12H,8H2,1-3H3,(H,20,26)(H,21,25)(H,22,23,24)/t12-/m1/s1. The highest BCUT2D eigenvalue weighted by molar-refractivity contribution is 7.16. The lowest BCUT2D eigenvalue weighted by molar-refractivity contribution is -0.122. The van der Waals surface area contributed by atoms with E-state index in [9.17, 15) is 19.2 Å². The highest BCUT2D eigenvalue weighted by Crippen LogP contribution is 2.30. The smallest absolute Gasteiger partial charge is 0.357 e. The van der Waals surface area contributed by atoms with E-state index in [1.165, 1.54) is 18.4 Å². The van der Waals surface area contributed by atoms with Gasteiger partial charge in [-0.25, -0.2) is 9.78 Å². The lowest BCUT2D eigenvalue weighted by Gasteiger charge is -2.13. The maximum atomic E-state index is 12.5. The third-order valence-corrected chi connectivity index (χ3v) is 5.52. The lowest BCUT2D eigenvalue weighted by atomic mass is 10.1. The second-order valence-electron chi connectivity index (χ2n) is 6.69. The minimum Gasteiger partial charge on any atom is -0.464 e. The van der Waals surface area contributed by atoms with Gasteiger partial charge in [0.25, 0.3) is 5.91 Å². The van der Waals surface area contributed by atoms with Gasteiger partial charge in [0.1, 0.15) is 6.04 Å². The fourth-order valence-corrected chi connectivity index (χ4v) is 3.80. The number of para-hydroxylation sites is 1. The minimum atomic E-state index is -1.04. The van der Waals surface area contributed by atoms with Crippen molar-refractivity contribution in [2.75, 3.05) is 17.7 Å². The number of fused-ring (bicyclic) bond motifs is 1. The van der Waals surface area contributed by atoms with E-state index in [1.54, 1.807) is 24.3 Å². The van der Waals surface area contributed by atoms with Crippen molar-refractivity contribution in [2.45, 2.75) is 32.2 Å². The number of hydrogen-bond donors (Lipinski definition) is 3. The van der Waals surface area contributed by atoms with Crippen molar-refractivity contribution >= 4 is 45.8 Å². The van der Waals surface area contributed by atoms with Gasteiger partial charge in [-0.1, -0.05) is 26.0 Å². The zero-order chi connectivity index (χ0) is 21.1. The predicted molar refractivity (Wildman–Crippen MR) is 107 cm³/mol. The van der Waals surface area contributed by atoms with Crippen LogP contribution in [0.4, 0.5) is 10.8 Å². The lowest BCUT2D eigenvalue weighted by Crippen LogP contribution is -2.43. The fraction of sp³-hybridized carbons (Fsp3) is 0.316. The summed E-state index contributed by atoms with van der Waals surface area (Å²) in [6, 6.07) is 5.55. The molecule has 0 unspecified atom stereocenters. The van der Waals surface area contributed by atoms with E-state index in [4.69, 9.17) is 4.74 Å². The number of nitrogens with zero attached hydrogens (tertiary/aromatic N) is 1. The molecule has 3 N–H and O–H groups in total. The van der Waals surface area contributed by atoms with Crippen LogP contribution in [-0.4, -0.2) is 41.8 Å². The van der Waals surface area contributed by atoms with Crippen LogP contribution in [-0.2, 0) is 14.3 Å². The van der Waals surface area contributed by atoms with Gasteiger partial charge in [0.15, 0.2) is 10.8 Å². The Hall–Kier alpha value is -3.27. The number of esters is 1. The molecule has 0 saturated heterocycles. The largest absolute Gasteiger partial charge is 0.464 e. The van der Waals surface area contributed by atoms with Gasteiger partial charge in [0.05, 0.1) is 24.8 Å². The molecule has 152 valence electrons. The quantitative estimate of drug-likeness (QED) is 0.641. The van der Waals surface area contributed by atoms with Gasteiger partial charge in [-0.3, -0.25) is 14.4 Å². The molecule has 0 bridgehead atoms.